The van der Waals surface area contributed by atoms with Crippen LogP contribution in [0.1, 0.15) is 110 Å². The third-order valence-electron chi connectivity index (χ3n) is 4.31. The maximum atomic E-state index is 10.6. The number of carbonyl (C=O) groups is 1. The first kappa shape index (κ1) is 21.8. The van der Waals surface area contributed by atoms with E-state index in [2.05, 4.69) is 24.9 Å². The highest BCUT2D eigenvalue weighted by atomic mass is 32.1. The minimum Gasteiger partial charge on any atom is -0.347 e. The van der Waals surface area contributed by atoms with Gasteiger partial charge >= 0.3 is 0 Å². The Balaban J connectivity index is 2.95. The van der Waals surface area contributed by atoms with Gasteiger partial charge in [0.1, 0.15) is 0 Å². The van der Waals surface area contributed by atoms with Crippen LogP contribution in [0.4, 0.5) is 4.79 Å². The second-order valence-electron chi connectivity index (χ2n) is 6.54. The van der Waals surface area contributed by atoms with Crippen molar-refractivity contribution in [2.75, 3.05) is 6.54 Å². The topological polar surface area (TPSA) is 29.1 Å². The molecule has 0 aromatic heterocycles. The van der Waals surface area contributed by atoms with Crippen molar-refractivity contribution in [2.45, 2.75) is 110 Å². The molecule has 0 unspecified atom stereocenters. The van der Waals surface area contributed by atoms with Crippen molar-refractivity contribution >= 4 is 17.9 Å². The minimum atomic E-state index is -0.207. The molecule has 0 aliphatic carbocycles. The van der Waals surface area contributed by atoms with Gasteiger partial charge in [-0.1, -0.05) is 116 Å². The zero-order valence-corrected chi connectivity index (χ0v) is 15.8. The number of hydrogen-bond donors (Lipinski definition) is 2. The summed E-state index contributed by atoms with van der Waals surface area (Å²) in [5.41, 5.74) is 0. The summed E-state index contributed by atoms with van der Waals surface area (Å²) in [5.74, 6) is 0. The van der Waals surface area contributed by atoms with E-state index in [-0.39, 0.29) is 5.24 Å². The average molecular weight is 330 g/mol. The lowest BCUT2D eigenvalue weighted by atomic mass is 10.0. The van der Waals surface area contributed by atoms with Crippen molar-refractivity contribution in [1.82, 2.24) is 5.32 Å². The van der Waals surface area contributed by atoms with Crippen LogP contribution in [-0.2, 0) is 0 Å². The van der Waals surface area contributed by atoms with E-state index < -0.39 is 0 Å². The SMILES string of the molecule is CCCCCCCCCCCCCCCCCCNC(=O)S. The molecule has 0 aliphatic heterocycles. The maximum Gasteiger partial charge on any atom is 0.275 e. The van der Waals surface area contributed by atoms with Crippen LogP contribution in [-0.4, -0.2) is 11.8 Å². The largest absolute Gasteiger partial charge is 0.347 e. The molecule has 0 radical (unpaired) electrons. The molecule has 22 heavy (non-hydrogen) atoms. The van der Waals surface area contributed by atoms with Crippen LogP contribution in [0.25, 0.3) is 0 Å². The van der Waals surface area contributed by atoms with Crippen molar-refractivity contribution in [1.29, 1.82) is 0 Å². The quantitative estimate of drug-likeness (QED) is 0.221. The molecular formula is C19H39NOS. The lowest BCUT2D eigenvalue weighted by molar-refractivity contribution is 0.261. The Morgan fingerprint density at radius 2 is 0.955 bits per heavy atom. The summed E-state index contributed by atoms with van der Waals surface area (Å²) in [4.78, 5) is 10.6. The van der Waals surface area contributed by atoms with Crippen LogP contribution in [0.15, 0.2) is 0 Å². The van der Waals surface area contributed by atoms with E-state index >= 15 is 0 Å². The van der Waals surface area contributed by atoms with E-state index in [1.54, 1.807) is 0 Å². The summed E-state index contributed by atoms with van der Waals surface area (Å²) < 4.78 is 0. The Kier molecular flexibility index (Phi) is 18.7. The molecule has 0 rings (SSSR count). The lowest BCUT2D eigenvalue weighted by Crippen LogP contribution is -2.17. The Morgan fingerprint density at radius 1 is 0.636 bits per heavy atom. The van der Waals surface area contributed by atoms with Crippen LogP contribution in [0.5, 0.6) is 0 Å². The number of thiol groups is 1. The highest BCUT2D eigenvalue weighted by Gasteiger charge is 1.95. The molecular weight excluding hydrogens is 290 g/mol. The molecule has 0 bridgehead atoms. The van der Waals surface area contributed by atoms with E-state index in [0.29, 0.717) is 0 Å². The molecule has 1 N–H and O–H groups in total. The van der Waals surface area contributed by atoms with E-state index in [1.807, 2.05) is 0 Å². The van der Waals surface area contributed by atoms with Gasteiger partial charge in [-0.25, -0.2) is 0 Å². The van der Waals surface area contributed by atoms with Gasteiger partial charge in [0.25, 0.3) is 5.24 Å². The van der Waals surface area contributed by atoms with E-state index in [4.69, 9.17) is 0 Å². The van der Waals surface area contributed by atoms with Gasteiger partial charge in [-0.2, -0.15) is 0 Å². The predicted octanol–water partition coefficient (Wildman–Crippen LogP) is 6.89. The summed E-state index contributed by atoms with van der Waals surface area (Å²) in [6.45, 7) is 3.06. The predicted molar refractivity (Wildman–Crippen MR) is 102 cm³/mol. The van der Waals surface area contributed by atoms with Crippen molar-refractivity contribution in [3.05, 3.63) is 0 Å². The summed E-state index contributed by atoms with van der Waals surface area (Å²) in [5, 5.41) is 2.51. The maximum absolute atomic E-state index is 10.6. The van der Waals surface area contributed by atoms with E-state index in [9.17, 15) is 4.79 Å². The molecule has 0 saturated heterocycles. The van der Waals surface area contributed by atoms with Gasteiger partial charge in [-0.05, 0) is 6.42 Å². The van der Waals surface area contributed by atoms with Crippen molar-refractivity contribution < 1.29 is 4.79 Å². The number of amides is 1. The van der Waals surface area contributed by atoms with E-state index in [1.165, 1.54) is 96.3 Å². The summed E-state index contributed by atoms with van der Waals surface area (Å²) >= 11 is 3.68. The van der Waals surface area contributed by atoms with Crippen molar-refractivity contribution in [3.8, 4) is 0 Å². The zero-order valence-electron chi connectivity index (χ0n) is 14.9. The van der Waals surface area contributed by atoms with E-state index in [0.717, 1.165) is 13.0 Å². The fourth-order valence-corrected chi connectivity index (χ4v) is 2.98. The number of rotatable bonds is 17. The Hall–Kier alpha value is -0.180. The molecule has 0 atom stereocenters. The standard InChI is InChI=1S/C19H39NOS/c1-2-3-4-5-6-7-8-9-10-11-12-13-14-15-16-17-18-20-19(21)22/h2-18H2,1H3,(H2,20,21,22). The Labute approximate surface area is 144 Å². The van der Waals surface area contributed by atoms with Crippen LogP contribution < -0.4 is 5.32 Å². The molecule has 0 aromatic rings. The molecule has 1 amide bonds. The number of carbonyl (C=O) groups excluding carboxylic acids is 1. The smallest absolute Gasteiger partial charge is 0.275 e. The second kappa shape index (κ2) is 18.9. The van der Waals surface area contributed by atoms with Crippen LogP contribution >= 0.6 is 12.6 Å². The molecule has 0 fully saturated rings. The Morgan fingerprint density at radius 3 is 1.27 bits per heavy atom. The van der Waals surface area contributed by atoms with Crippen molar-refractivity contribution in [3.63, 3.8) is 0 Å². The normalized spacial score (nSPS) is 10.8. The summed E-state index contributed by atoms with van der Waals surface area (Å²) in [6, 6.07) is 0. The van der Waals surface area contributed by atoms with Gasteiger partial charge in [-0.15, -0.1) is 0 Å². The summed E-state index contributed by atoms with van der Waals surface area (Å²) in [7, 11) is 0. The average Bonchev–Trinajstić information content (AvgIpc) is 2.50. The minimum absolute atomic E-state index is 0.207. The van der Waals surface area contributed by atoms with Crippen molar-refractivity contribution in [2.24, 2.45) is 0 Å². The fraction of sp³-hybridized carbons (Fsp3) is 0.947. The molecule has 2 nitrogen and oxygen atoms in total. The van der Waals surface area contributed by atoms with Gasteiger partial charge < -0.3 is 5.32 Å². The fourth-order valence-electron chi connectivity index (χ4n) is 2.87. The third-order valence-corrected chi connectivity index (χ3v) is 4.46. The van der Waals surface area contributed by atoms with Crippen LogP contribution in [0.2, 0.25) is 0 Å². The van der Waals surface area contributed by atoms with Crippen LogP contribution in [0, 0.1) is 0 Å². The van der Waals surface area contributed by atoms with Gasteiger partial charge in [0.2, 0.25) is 0 Å². The van der Waals surface area contributed by atoms with Gasteiger partial charge in [0.05, 0.1) is 0 Å². The highest BCUT2D eigenvalue weighted by Crippen LogP contribution is 2.13. The molecule has 3 heteroatoms. The van der Waals surface area contributed by atoms with Gasteiger partial charge in [0, 0.05) is 6.54 Å². The molecule has 0 aliphatic rings. The monoisotopic (exact) mass is 329 g/mol. The molecule has 132 valence electrons. The second-order valence-corrected chi connectivity index (χ2v) is 6.94. The molecule has 0 saturated carbocycles. The zero-order chi connectivity index (χ0) is 16.3. The Bertz CT molecular complexity index is 233. The van der Waals surface area contributed by atoms with Gasteiger partial charge in [0.15, 0.2) is 0 Å². The number of unbranched alkanes of at least 4 members (excludes halogenated alkanes) is 15. The first-order valence-corrected chi connectivity index (χ1v) is 10.2. The number of nitrogens with one attached hydrogen (secondary N) is 1. The lowest BCUT2D eigenvalue weighted by Gasteiger charge is -2.04. The summed E-state index contributed by atoms with van der Waals surface area (Å²) in [6.07, 6.45) is 22.1. The van der Waals surface area contributed by atoms with Crippen LogP contribution in [0.3, 0.4) is 0 Å². The highest BCUT2D eigenvalue weighted by molar-refractivity contribution is 7.96. The molecule has 0 aromatic carbocycles. The third kappa shape index (κ3) is 19.8. The molecule has 0 spiro atoms. The molecule has 0 heterocycles. The first-order valence-electron chi connectivity index (χ1n) is 9.74. The van der Waals surface area contributed by atoms with Gasteiger partial charge in [-0.3, -0.25) is 4.79 Å². The number of hydrogen-bond acceptors (Lipinski definition) is 1. The first-order chi connectivity index (χ1) is 10.8.